The van der Waals surface area contributed by atoms with E-state index in [1.807, 2.05) is 55.4 Å². The maximum Gasteiger partial charge on any atom is 0.336 e. The van der Waals surface area contributed by atoms with Gasteiger partial charge in [0, 0.05) is 17.6 Å². The van der Waals surface area contributed by atoms with Crippen LogP contribution in [0.4, 0.5) is 0 Å². The summed E-state index contributed by atoms with van der Waals surface area (Å²) in [5.41, 5.74) is 2.46. The first-order chi connectivity index (χ1) is 21.3. The molecule has 0 atom stereocenters. The number of hydrogen-bond acceptors (Lipinski definition) is 9. The Kier molecular flexibility index (Phi) is 10.8. The maximum absolute atomic E-state index is 14.3. The maximum atomic E-state index is 14.3. The Morgan fingerprint density at radius 3 is 1.76 bits per heavy atom. The van der Waals surface area contributed by atoms with Crippen molar-refractivity contribution in [3.63, 3.8) is 0 Å². The molecule has 4 aromatic rings. The first-order valence-corrected chi connectivity index (χ1v) is 15.7. The summed E-state index contributed by atoms with van der Waals surface area (Å²) in [6.07, 6.45) is -0.588. The molecule has 4 rings (SSSR count). The van der Waals surface area contributed by atoms with Gasteiger partial charge in [0.05, 0.1) is 41.7 Å². The van der Waals surface area contributed by atoms with Gasteiger partial charge in [-0.25, -0.2) is 4.79 Å². The Bertz CT molecular complexity index is 1660. The van der Waals surface area contributed by atoms with Crippen LogP contribution in [0, 0.1) is 0 Å². The van der Waals surface area contributed by atoms with Gasteiger partial charge in [0.15, 0.2) is 17.3 Å². The second-order valence-electron chi connectivity index (χ2n) is 11.7. The van der Waals surface area contributed by atoms with Gasteiger partial charge in [-0.05, 0) is 115 Å². The predicted molar refractivity (Wildman–Crippen MR) is 176 cm³/mol. The average Bonchev–Trinajstić information content (AvgIpc) is 3.41. The number of carboxylic acids is 1. The van der Waals surface area contributed by atoms with Gasteiger partial charge in [0.25, 0.3) is 0 Å². The van der Waals surface area contributed by atoms with Crippen LogP contribution < -0.4 is 18.9 Å². The number of carbonyl (C=O) groups excluding carboxylic acids is 1. The number of nitrogens with zero attached hydrogens (tertiary/aromatic N) is 2. The van der Waals surface area contributed by atoms with Crippen molar-refractivity contribution in [3.8, 4) is 23.0 Å². The summed E-state index contributed by atoms with van der Waals surface area (Å²) in [5.74, 6) is 0.284. The minimum Gasteiger partial charge on any atom is -0.491 e. The Hall–Kier alpha value is -4.44. The van der Waals surface area contributed by atoms with Crippen LogP contribution >= 0.6 is 11.7 Å². The third-order valence-electron chi connectivity index (χ3n) is 6.36. The van der Waals surface area contributed by atoms with E-state index in [1.54, 1.807) is 54.6 Å². The topological polar surface area (TPSA) is 117 Å². The van der Waals surface area contributed by atoms with Gasteiger partial charge in [-0.2, -0.15) is 8.75 Å². The minimum absolute atomic E-state index is 0.0249. The van der Waals surface area contributed by atoms with E-state index >= 15 is 0 Å². The minimum atomic E-state index is -1.24. The highest BCUT2D eigenvalue weighted by Crippen LogP contribution is 2.42. The fraction of sp³-hybridized carbons (Fsp3) is 0.371. The number of fused-ring (bicyclic) bond motifs is 1. The molecular weight excluding hydrogens is 592 g/mol. The Balaban J connectivity index is 1.93. The quantitative estimate of drug-likeness (QED) is 0.110. The number of benzene rings is 3. The fourth-order valence-corrected chi connectivity index (χ4v) is 5.27. The molecule has 3 aromatic carbocycles. The highest BCUT2D eigenvalue weighted by Gasteiger charge is 2.26. The zero-order chi connectivity index (χ0) is 32.8. The zero-order valence-electron chi connectivity index (χ0n) is 26.9. The van der Waals surface area contributed by atoms with E-state index in [-0.39, 0.29) is 42.0 Å². The highest BCUT2D eigenvalue weighted by atomic mass is 32.1. The Morgan fingerprint density at radius 1 is 0.689 bits per heavy atom. The summed E-state index contributed by atoms with van der Waals surface area (Å²) in [4.78, 5) is 27.3. The van der Waals surface area contributed by atoms with Gasteiger partial charge >= 0.3 is 5.97 Å². The lowest BCUT2D eigenvalue weighted by atomic mass is 9.89. The monoisotopic (exact) mass is 632 g/mol. The van der Waals surface area contributed by atoms with Crippen molar-refractivity contribution < 1.29 is 33.6 Å². The predicted octanol–water partition coefficient (Wildman–Crippen LogP) is 7.80. The van der Waals surface area contributed by atoms with Crippen LogP contribution in [0.25, 0.3) is 16.6 Å². The van der Waals surface area contributed by atoms with Crippen LogP contribution in [0.3, 0.4) is 0 Å². The Labute approximate surface area is 268 Å². The molecule has 0 spiro atoms. The van der Waals surface area contributed by atoms with Crippen molar-refractivity contribution >= 4 is 40.1 Å². The molecule has 0 fully saturated rings. The first-order valence-electron chi connectivity index (χ1n) is 15.0. The molecule has 0 unspecified atom stereocenters. The summed E-state index contributed by atoms with van der Waals surface area (Å²) in [6.45, 7) is 15.3. The van der Waals surface area contributed by atoms with Crippen LogP contribution in [-0.2, 0) is 11.2 Å². The molecule has 1 heterocycles. The summed E-state index contributed by atoms with van der Waals surface area (Å²) in [5, 5.41) is 10.6. The number of allylic oxidation sites excluding steroid dienone is 1. The molecule has 45 heavy (non-hydrogen) atoms. The SMILES string of the molecule is CC(C)Oc1ccc(C(=O)/C(Cc2cc(OC(C)C)c(OC(C)C)c(OC(C)C)c2)=C(/C(=O)O)c2ccc3nsnc3c2)cc1. The third kappa shape index (κ3) is 8.60. The largest absolute Gasteiger partial charge is 0.491 e. The molecular formula is C35H40N2O7S. The number of hydrogen-bond donors (Lipinski definition) is 1. The summed E-state index contributed by atoms with van der Waals surface area (Å²) in [7, 11) is 0. The second kappa shape index (κ2) is 14.6. The number of carboxylic acid groups (broad SMARTS) is 1. The molecule has 0 amide bonds. The molecule has 0 aliphatic rings. The standard InChI is InChI=1S/C35H40N2O7S/c1-19(2)41-26-12-9-24(10-13-26)33(38)27(32(35(39)40)25-11-14-28-29(18-25)37-45-36-28)15-23-16-30(42-20(3)4)34(44-22(7)8)31(17-23)43-21(5)6/h9-14,16-22H,15H2,1-8H3,(H,39,40)/b32-27+. The molecule has 1 aromatic heterocycles. The first kappa shape index (κ1) is 33.5. The lowest BCUT2D eigenvalue weighted by Crippen LogP contribution is -2.16. The molecule has 0 saturated carbocycles. The van der Waals surface area contributed by atoms with Crippen molar-refractivity contribution in [3.05, 3.63) is 76.9 Å². The lowest BCUT2D eigenvalue weighted by molar-refractivity contribution is -0.130. The highest BCUT2D eigenvalue weighted by molar-refractivity contribution is 7.00. The van der Waals surface area contributed by atoms with Crippen LogP contribution in [-0.4, -0.2) is 50.0 Å². The van der Waals surface area contributed by atoms with Gasteiger partial charge in [0.1, 0.15) is 16.8 Å². The van der Waals surface area contributed by atoms with Crippen molar-refractivity contribution in [2.45, 2.75) is 86.2 Å². The van der Waals surface area contributed by atoms with Crippen molar-refractivity contribution in [1.29, 1.82) is 0 Å². The second-order valence-corrected chi connectivity index (χ2v) is 12.3. The molecule has 0 aliphatic carbocycles. The van der Waals surface area contributed by atoms with Crippen LogP contribution in [0.15, 0.2) is 60.2 Å². The summed E-state index contributed by atoms with van der Waals surface area (Å²) in [6, 6.07) is 15.3. The Morgan fingerprint density at radius 2 is 1.22 bits per heavy atom. The van der Waals surface area contributed by atoms with Crippen LogP contribution in [0.1, 0.15) is 76.9 Å². The number of aromatic nitrogens is 2. The van der Waals surface area contributed by atoms with E-state index in [4.69, 9.17) is 18.9 Å². The van der Waals surface area contributed by atoms with Gasteiger partial charge in [-0.1, -0.05) is 6.07 Å². The van der Waals surface area contributed by atoms with Crippen LogP contribution in [0.2, 0.25) is 0 Å². The number of ether oxygens (including phenoxy) is 4. The van der Waals surface area contributed by atoms with Gasteiger partial charge in [0.2, 0.25) is 5.75 Å². The number of carbonyl (C=O) groups is 2. The summed E-state index contributed by atoms with van der Waals surface area (Å²) >= 11 is 1.04. The molecule has 10 heteroatoms. The average molecular weight is 633 g/mol. The summed E-state index contributed by atoms with van der Waals surface area (Å²) < 4.78 is 32.7. The van der Waals surface area contributed by atoms with Crippen molar-refractivity contribution in [1.82, 2.24) is 8.75 Å². The molecule has 0 saturated heterocycles. The molecule has 0 aliphatic heterocycles. The zero-order valence-corrected chi connectivity index (χ0v) is 27.7. The smallest absolute Gasteiger partial charge is 0.336 e. The fourth-order valence-electron chi connectivity index (χ4n) is 4.75. The molecule has 0 bridgehead atoms. The number of ketones is 1. The number of rotatable bonds is 14. The molecule has 9 nitrogen and oxygen atoms in total. The van der Waals surface area contributed by atoms with E-state index in [0.29, 0.717) is 50.7 Å². The van der Waals surface area contributed by atoms with E-state index in [1.165, 1.54) is 0 Å². The number of Topliss-reactive ketones (excluding diaryl/α,β-unsaturated/α-hetero) is 1. The third-order valence-corrected chi connectivity index (χ3v) is 6.92. The van der Waals surface area contributed by atoms with Gasteiger partial charge in [-0.3, -0.25) is 4.79 Å². The lowest BCUT2D eigenvalue weighted by Gasteiger charge is -2.23. The van der Waals surface area contributed by atoms with E-state index < -0.39 is 11.8 Å². The normalized spacial score (nSPS) is 12.2. The van der Waals surface area contributed by atoms with E-state index in [2.05, 4.69) is 8.75 Å². The van der Waals surface area contributed by atoms with Gasteiger partial charge in [-0.15, -0.1) is 0 Å². The van der Waals surface area contributed by atoms with E-state index in [0.717, 1.165) is 11.7 Å². The van der Waals surface area contributed by atoms with E-state index in [9.17, 15) is 14.7 Å². The molecule has 0 radical (unpaired) electrons. The van der Waals surface area contributed by atoms with Crippen molar-refractivity contribution in [2.75, 3.05) is 0 Å². The van der Waals surface area contributed by atoms with Crippen LogP contribution in [0.5, 0.6) is 23.0 Å². The van der Waals surface area contributed by atoms with Gasteiger partial charge < -0.3 is 24.1 Å². The molecule has 1 N–H and O–H groups in total. The number of aliphatic carboxylic acids is 1. The van der Waals surface area contributed by atoms with Crippen molar-refractivity contribution in [2.24, 2.45) is 0 Å². The molecule has 238 valence electrons.